The first-order valence-corrected chi connectivity index (χ1v) is 8.86. The smallest absolute Gasteiger partial charge is 0.0342 e. The molecule has 1 aromatic rings. The van der Waals surface area contributed by atoms with Crippen LogP contribution in [0.3, 0.4) is 0 Å². The minimum absolute atomic E-state index is 0.251. The Morgan fingerprint density at radius 3 is 1.81 bits per heavy atom. The molecular weight excluding hydrogens is 254 g/mol. The minimum Gasteiger partial charge on any atom is -0.382 e. The highest BCUT2D eigenvalue weighted by molar-refractivity contribution is 5.47. The molecule has 0 saturated heterocycles. The zero-order valence-electron chi connectivity index (χ0n) is 13.7. The standard InChI is InChI=1S/C20H29N/c1-20(2,3)17-4-6-18(7-5-17)21-19-15-9-13-8-14(11-15)12-16(19)10-13/h4-7,13-16,19,21H,8-12H2,1-3H3. The van der Waals surface area contributed by atoms with Crippen molar-refractivity contribution in [2.45, 2.75) is 64.3 Å². The third-order valence-corrected chi connectivity index (χ3v) is 6.31. The van der Waals surface area contributed by atoms with Crippen LogP contribution in [0.5, 0.6) is 0 Å². The van der Waals surface area contributed by atoms with Crippen LogP contribution in [-0.4, -0.2) is 6.04 Å². The van der Waals surface area contributed by atoms with Crippen molar-refractivity contribution in [3.05, 3.63) is 29.8 Å². The Bertz CT molecular complexity index is 480. The molecule has 21 heavy (non-hydrogen) atoms. The van der Waals surface area contributed by atoms with E-state index in [-0.39, 0.29) is 5.41 Å². The van der Waals surface area contributed by atoms with Crippen LogP contribution < -0.4 is 5.32 Å². The molecule has 0 spiro atoms. The zero-order chi connectivity index (χ0) is 14.6. The molecule has 1 heteroatoms. The summed E-state index contributed by atoms with van der Waals surface area (Å²) < 4.78 is 0. The first kappa shape index (κ1) is 13.7. The van der Waals surface area contributed by atoms with Gasteiger partial charge in [0.1, 0.15) is 0 Å². The average molecular weight is 283 g/mol. The first-order chi connectivity index (χ1) is 9.99. The highest BCUT2D eigenvalue weighted by Gasteiger charge is 2.48. The fraction of sp³-hybridized carbons (Fsp3) is 0.700. The molecule has 4 bridgehead atoms. The summed E-state index contributed by atoms with van der Waals surface area (Å²) in [7, 11) is 0. The van der Waals surface area contributed by atoms with Crippen LogP contribution in [0.1, 0.15) is 58.4 Å². The van der Waals surface area contributed by atoms with Crippen molar-refractivity contribution in [1.82, 2.24) is 0 Å². The van der Waals surface area contributed by atoms with Crippen molar-refractivity contribution < 1.29 is 0 Å². The summed E-state index contributed by atoms with van der Waals surface area (Å²) in [5.74, 6) is 4.02. The van der Waals surface area contributed by atoms with E-state index in [0.29, 0.717) is 0 Å². The molecule has 1 aromatic carbocycles. The van der Waals surface area contributed by atoms with Crippen LogP contribution >= 0.6 is 0 Å². The van der Waals surface area contributed by atoms with E-state index >= 15 is 0 Å². The maximum atomic E-state index is 3.90. The summed E-state index contributed by atoms with van der Waals surface area (Å²) in [6.45, 7) is 6.85. The molecule has 4 saturated carbocycles. The molecule has 4 aliphatic rings. The predicted molar refractivity (Wildman–Crippen MR) is 89.6 cm³/mol. The molecule has 0 heterocycles. The van der Waals surface area contributed by atoms with Crippen LogP contribution in [0.25, 0.3) is 0 Å². The molecule has 0 aromatic heterocycles. The Morgan fingerprint density at radius 1 is 0.810 bits per heavy atom. The van der Waals surface area contributed by atoms with E-state index in [1.54, 1.807) is 6.42 Å². The number of rotatable bonds is 2. The van der Waals surface area contributed by atoms with Gasteiger partial charge < -0.3 is 5.32 Å². The van der Waals surface area contributed by atoms with Crippen molar-refractivity contribution in [3.8, 4) is 0 Å². The monoisotopic (exact) mass is 283 g/mol. The largest absolute Gasteiger partial charge is 0.382 e. The molecule has 0 atom stereocenters. The van der Waals surface area contributed by atoms with Gasteiger partial charge in [0.2, 0.25) is 0 Å². The van der Waals surface area contributed by atoms with Gasteiger partial charge in [-0.15, -0.1) is 0 Å². The van der Waals surface area contributed by atoms with E-state index in [9.17, 15) is 0 Å². The van der Waals surface area contributed by atoms with E-state index in [1.807, 2.05) is 0 Å². The first-order valence-electron chi connectivity index (χ1n) is 8.86. The number of hydrogen-bond acceptors (Lipinski definition) is 1. The second kappa shape index (κ2) is 4.76. The SMILES string of the molecule is CC(C)(C)c1ccc(NC2C3CC4CC(C3)CC2C4)cc1. The third kappa shape index (κ3) is 2.49. The molecule has 0 unspecified atom stereocenters. The van der Waals surface area contributed by atoms with E-state index in [0.717, 1.165) is 29.7 Å². The van der Waals surface area contributed by atoms with Crippen molar-refractivity contribution in [3.63, 3.8) is 0 Å². The lowest BCUT2D eigenvalue weighted by atomic mass is 9.54. The van der Waals surface area contributed by atoms with E-state index in [1.165, 1.54) is 36.9 Å². The zero-order valence-corrected chi connectivity index (χ0v) is 13.7. The average Bonchev–Trinajstić information content (AvgIpc) is 2.41. The van der Waals surface area contributed by atoms with Gasteiger partial charge in [0.25, 0.3) is 0 Å². The van der Waals surface area contributed by atoms with Crippen molar-refractivity contribution in [1.29, 1.82) is 0 Å². The highest BCUT2D eigenvalue weighted by atomic mass is 14.9. The minimum atomic E-state index is 0.251. The van der Waals surface area contributed by atoms with Gasteiger partial charge in [0, 0.05) is 11.7 Å². The summed E-state index contributed by atoms with van der Waals surface area (Å²) in [5.41, 5.74) is 3.01. The lowest BCUT2D eigenvalue weighted by molar-refractivity contribution is 0.00754. The van der Waals surface area contributed by atoms with Gasteiger partial charge in [0.15, 0.2) is 0 Å². The highest BCUT2D eigenvalue weighted by Crippen LogP contribution is 2.54. The fourth-order valence-electron chi connectivity index (χ4n) is 5.42. The van der Waals surface area contributed by atoms with Gasteiger partial charge in [-0.3, -0.25) is 0 Å². The van der Waals surface area contributed by atoms with Crippen LogP contribution in [0.2, 0.25) is 0 Å². The number of benzene rings is 1. The van der Waals surface area contributed by atoms with Gasteiger partial charge in [-0.1, -0.05) is 32.9 Å². The predicted octanol–water partition coefficient (Wildman–Crippen LogP) is 5.22. The molecule has 114 valence electrons. The second-order valence-corrected chi connectivity index (χ2v) is 8.93. The Morgan fingerprint density at radius 2 is 1.33 bits per heavy atom. The number of anilines is 1. The van der Waals surface area contributed by atoms with E-state index < -0.39 is 0 Å². The molecule has 4 aliphatic carbocycles. The van der Waals surface area contributed by atoms with E-state index in [4.69, 9.17) is 0 Å². The Hall–Kier alpha value is -0.980. The molecule has 1 N–H and O–H groups in total. The van der Waals surface area contributed by atoms with Crippen LogP contribution in [0.4, 0.5) is 5.69 Å². The fourth-order valence-corrected chi connectivity index (χ4v) is 5.42. The van der Waals surface area contributed by atoms with Gasteiger partial charge in [-0.05, 0) is 78.9 Å². The number of nitrogens with one attached hydrogen (secondary N) is 1. The number of hydrogen-bond donors (Lipinski definition) is 1. The molecule has 5 rings (SSSR count). The summed E-state index contributed by atoms with van der Waals surface area (Å²) in [4.78, 5) is 0. The second-order valence-electron chi connectivity index (χ2n) is 8.93. The van der Waals surface area contributed by atoms with Crippen LogP contribution in [-0.2, 0) is 5.41 Å². The molecular formula is C20H29N. The van der Waals surface area contributed by atoms with Gasteiger partial charge >= 0.3 is 0 Å². The summed E-state index contributed by atoms with van der Waals surface area (Å²) in [6.07, 6.45) is 7.50. The summed E-state index contributed by atoms with van der Waals surface area (Å²) in [6, 6.07) is 9.95. The normalized spacial score (nSPS) is 37.8. The van der Waals surface area contributed by atoms with Gasteiger partial charge in [-0.25, -0.2) is 0 Å². The summed E-state index contributed by atoms with van der Waals surface area (Å²) >= 11 is 0. The Labute approximate surface area is 129 Å². The van der Waals surface area contributed by atoms with Gasteiger partial charge in [0.05, 0.1) is 0 Å². The molecule has 0 aliphatic heterocycles. The van der Waals surface area contributed by atoms with Crippen LogP contribution in [0, 0.1) is 23.7 Å². The third-order valence-electron chi connectivity index (χ3n) is 6.31. The Balaban J connectivity index is 1.49. The van der Waals surface area contributed by atoms with Crippen molar-refractivity contribution in [2.75, 3.05) is 5.32 Å². The van der Waals surface area contributed by atoms with Crippen LogP contribution in [0.15, 0.2) is 24.3 Å². The maximum Gasteiger partial charge on any atom is 0.0342 e. The Kier molecular flexibility index (Phi) is 3.10. The van der Waals surface area contributed by atoms with Crippen molar-refractivity contribution >= 4 is 5.69 Å². The molecule has 4 fully saturated rings. The maximum absolute atomic E-state index is 3.90. The lowest BCUT2D eigenvalue weighted by Crippen LogP contribution is -2.51. The lowest BCUT2D eigenvalue weighted by Gasteiger charge is -2.54. The molecule has 0 radical (unpaired) electrons. The van der Waals surface area contributed by atoms with Crippen molar-refractivity contribution in [2.24, 2.45) is 23.7 Å². The van der Waals surface area contributed by atoms with Gasteiger partial charge in [-0.2, -0.15) is 0 Å². The van der Waals surface area contributed by atoms with E-state index in [2.05, 4.69) is 50.4 Å². The quantitative estimate of drug-likeness (QED) is 0.784. The topological polar surface area (TPSA) is 12.0 Å². The molecule has 0 amide bonds. The summed E-state index contributed by atoms with van der Waals surface area (Å²) in [5, 5.41) is 3.90. The molecule has 1 nitrogen and oxygen atoms in total.